The van der Waals surface area contributed by atoms with Gasteiger partial charge in [-0.1, -0.05) is 89.4 Å². The largest absolute Gasteiger partial charge is 0.300 e. The highest BCUT2D eigenvalue weighted by Crippen LogP contribution is 2.31. The van der Waals surface area contributed by atoms with E-state index >= 15 is 0 Å². The number of rotatable bonds is 9. The van der Waals surface area contributed by atoms with Gasteiger partial charge < -0.3 is 0 Å². The van der Waals surface area contributed by atoms with Gasteiger partial charge in [-0.25, -0.2) is 0 Å². The topological polar surface area (TPSA) is 17.1 Å². The number of Topliss-reactive ketones (excluding diaryl/α,β-unsaturated/α-hetero) is 1. The summed E-state index contributed by atoms with van der Waals surface area (Å²) in [7, 11) is 0. The number of hydrogen-bond donors (Lipinski definition) is 0. The fourth-order valence-corrected chi connectivity index (χ4v) is 3.97. The van der Waals surface area contributed by atoms with Crippen molar-refractivity contribution in [2.75, 3.05) is 0 Å². The molecule has 3 rings (SSSR count). The number of halogens is 2. The number of hydrogen-bond acceptors (Lipinski definition) is 1. The van der Waals surface area contributed by atoms with Crippen LogP contribution in [0, 0.1) is 6.92 Å². The average molecular weight is 425 g/mol. The highest BCUT2D eigenvalue weighted by Gasteiger charge is 2.17. The summed E-state index contributed by atoms with van der Waals surface area (Å²) in [6.07, 6.45) is 3.70. The zero-order valence-corrected chi connectivity index (χ0v) is 18.2. The summed E-state index contributed by atoms with van der Waals surface area (Å²) in [5.74, 6) is 0.419. The Hall–Kier alpha value is -2.09. The maximum atomic E-state index is 12.8. The first kappa shape index (κ1) is 21.6. The minimum absolute atomic E-state index is 0.133. The summed E-state index contributed by atoms with van der Waals surface area (Å²) in [6, 6.07) is 24.5. The van der Waals surface area contributed by atoms with E-state index in [1.807, 2.05) is 36.4 Å². The van der Waals surface area contributed by atoms with E-state index < -0.39 is 0 Å². The van der Waals surface area contributed by atoms with Crippen LogP contribution in [0.3, 0.4) is 0 Å². The zero-order valence-electron chi connectivity index (χ0n) is 16.7. The number of carbonyl (C=O) groups excluding carboxylic acids is 1. The van der Waals surface area contributed by atoms with E-state index in [4.69, 9.17) is 23.2 Å². The molecule has 0 radical (unpaired) electrons. The molecule has 0 aliphatic rings. The minimum Gasteiger partial charge on any atom is -0.300 e. The van der Waals surface area contributed by atoms with Gasteiger partial charge in [-0.3, -0.25) is 4.79 Å². The fraction of sp³-hybridized carbons (Fsp3) is 0.269. The molecule has 0 spiro atoms. The van der Waals surface area contributed by atoms with E-state index in [2.05, 4.69) is 43.3 Å². The van der Waals surface area contributed by atoms with E-state index in [9.17, 15) is 4.79 Å². The quantitative estimate of drug-likeness (QED) is 0.345. The molecule has 1 nitrogen and oxygen atoms in total. The number of ketones is 1. The first-order valence-corrected chi connectivity index (χ1v) is 10.8. The van der Waals surface area contributed by atoms with Crippen molar-refractivity contribution in [1.82, 2.24) is 0 Å². The van der Waals surface area contributed by atoms with Crippen LogP contribution in [0.25, 0.3) is 0 Å². The molecule has 0 bridgehead atoms. The van der Waals surface area contributed by atoms with Gasteiger partial charge in [0.1, 0.15) is 5.78 Å². The number of aryl methyl sites for hydroxylation is 3. The lowest BCUT2D eigenvalue weighted by Crippen LogP contribution is -2.10. The third kappa shape index (κ3) is 6.73. The van der Waals surface area contributed by atoms with Gasteiger partial charge in [0.05, 0.1) is 10.0 Å². The standard InChI is InChI=1S/C26H26Cl2O/c1-19-6-5-9-21(16-19)10-12-22(23-13-15-25(27)26(28)18-23)17-24(29)14-11-20-7-3-2-4-8-20/h2-9,13,15-16,18,22H,10-12,14,17H2,1H3. The fourth-order valence-electron chi connectivity index (χ4n) is 3.67. The number of benzene rings is 3. The minimum atomic E-state index is 0.133. The summed E-state index contributed by atoms with van der Waals surface area (Å²) >= 11 is 12.4. The predicted molar refractivity (Wildman–Crippen MR) is 123 cm³/mol. The van der Waals surface area contributed by atoms with E-state index in [1.165, 1.54) is 16.7 Å². The summed E-state index contributed by atoms with van der Waals surface area (Å²) in [4.78, 5) is 12.8. The van der Waals surface area contributed by atoms with Gasteiger partial charge in [-0.05, 0) is 60.9 Å². The van der Waals surface area contributed by atoms with Crippen LogP contribution in [0.15, 0.2) is 72.8 Å². The Morgan fingerprint density at radius 2 is 1.59 bits per heavy atom. The molecular formula is C26H26Cl2O. The Kier molecular flexibility index (Phi) is 7.91. The highest BCUT2D eigenvalue weighted by molar-refractivity contribution is 6.42. The van der Waals surface area contributed by atoms with Crippen LogP contribution in [0.1, 0.15) is 47.4 Å². The molecule has 0 amide bonds. The molecule has 0 aromatic heterocycles. The van der Waals surface area contributed by atoms with Crippen molar-refractivity contribution in [3.63, 3.8) is 0 Å². The van der Waals surface area contributed by atoms with Crippen LogP contribution >= 0.6 is 23.2 Å². The molecule has 0 aliphatic heterocycles. The Labute approximate surface area is 183 Å². The second-order valence-electron chi connectivity index (χ2n) is 7.63. The molecule has 0 aliphatic carbocycles. The Balaban J connectivity index is 1.69. The predicted octanol–water partition coefficient (Wildman–Crippen LogP) is 7.61. The second kappa shape index (κ2) is 10.6. The van der Waals surface area contributed by atoms with Crippen LogP contribution in [-0.4, -0.2) is 5.78 Å². The van der Waals surface area contributed by atoms with Crippen molar-refractivity contribution < 1.29 is 4.79 Å². The third-order valence-electron chi connectivity index (χ3n) is 5.29. The normalized spacial score (nSPS) is 12.0. The summed E-state index contributed by atoms with van der Waals surface area (Å²) in [5.41, 5.74) is 4.84. The molecule has 0 saturated carbocycles. The summed E-state index contributed by atoms with van der Waals surface area (Å²) in [5, 5.41) is 1.09. The highest BCUT2D eigenvalue weighted by atomic mass is 35.5. The molecule has 0 fully saturated rings. The molecule has 3 aromatic carbocycles. The van der Waals surface area contributed by atoms with Crippen LogP contribution in [0.4, 0.5) is 0 Å². The summed E-state index contributed by atoms with van der Waals surface area (Å²) in [6.45, 7) is 2.10. The number of carbonyl (C=O) groups is 1. The zero-order chi connectivity index (χ0) is 20.6. The lowest BCUT2D eigenvalue weighted by Gasteiger charge is -2.18. The molecule has 0 saturated heterocycles. The van der Waals surface area contributed by atoms with Gasteiger partial charge in [-0.2, -0.15) is 0 Å². The van der Waals surface area contributed by atoms with E-state index in [-0.39, 0.29) is 11.7 Å². The molecule has 0 N–H and O–H groups in total. The van der Waals surface area contributed by atoms with Crippen LogP contribution < -0.4 is 0 Å². The van der Waals surface area contributed by atoms with Crippen molar-refractivity contribution in [1.29, 1.82) is 0 Å². The lowest BCUT2D eigenvalue weighted by molar-refractivity contribution is -0.119. The van der Waals surface area contributed by atoms with Gasteiger partial charge in [0.15, 0.2) is 0 Å². The maximum absolute atomic E-state index is 12.8. The molecule has 29 heavy (non-hydrogen) atoms. The first-order chi connectivity index (χ1) is 14.0. The lowest BCUT2D eigenvalue weighted by atomic mass is 9.87. The van der Waals surface area contributed by atoms with Crippen molar-refractivity contribution in [2.45, 2.75) is 44.9 Å². The molecule has 1 atom stereocenters. The van der Waals surface area contributed by atoms with Crippen molar-refractivity contribution >= 4 is 29.0 Å². The van der Waals surface area contributed by atoms with Crippen LogP contribution in [0.2, 0.25) is 10.0 Å². The molecule has 150 valence electrons. The average Bonchev–Trinajstić information content (AvgIpc) is 2.72. The van der Waals surface area contributed by atoms with Gasteiger partial charge in [0, 0.05) is 12.8 Å². The monoisotopic (exact) mass is 424 g/mol. The Morgan fingerprint density at radius 3 is 2.31 bits per heavy atom. The SMILES string of the molecule is Cc1cccc(CCC(CC(=O)CCc2ccccc2)c2ccc(Cl)c(Cl)c2)c1. The van der Waals surface area contributed by atoms with E-state index in [1.54, 1.807) is 0 Å². The van der Waals surface area contributed by atoms with Gasteiger partial charge in [0.2, 0.25) is 0 Å². The van der Waals surface area contributed by atoms with E-state index in [0.29, 0.717) is 22.9 Å². The third-order valence-corrected chi connectivity index (χ3v) is 6.03. The van der Waals surface area contributed by atoms with E-state index in [0.717, 1.165) is 24.8 Å². The van der Waals surface area contributed by atoms with Gasteiger partial charge >= 0.3 is 0 Å². The summed E-state index contributed by atoms with van der Waals surface area (Å²) < 4.78 is 0. The maximum Gasteiger partial charge on any atom is 0.133 e. The first-order valence-electron chi connectivity index (χ1n) is 10.1. The van der Waals surface area contributed by atoms with Crippen molar-refractivity contribution in [3.05, 3.63) is 105 Å². The molecule has 3 aromatic rings. The molecular weight excluding hydrogens is 399 g/mol. The smallest absolute Gasteiger partial charge is 0.133 e. The molecule has 3 heteroatoms. The van der Waals surface area contributed by atoms with Gasteiger partial charge in [-0.15, -0.1) is 0 Å². The Bertz CT molecular complexity index is 950. The van der Waals surface area contributed by atoms with Crippen LogP contribution in [-0.2, 0) is 17.6 Å². The molecule has 0 heterocycles. The molecule has 1 unspecified atom stereocenters. The van der Waals surface area contributed by atoms with Crippen molar-refractivity contribution in [2.24, 2.45) is 0 Å². The Morgan fingerprint density at radius 1 is 0.828 bits per heavy atom. The van der Waals surface area contributed by atoms with Crippen LogP contribution in [0.5, 0.6) is 0 Å². The van der Waals surface area contributed by atoms with Crippen molar-refractivity contribution in [3.8, 4) is 0 Å². The second-order valence-corrected chi connectivity index (χ2v) is 8.44. The van der Waals surface area contributed by atoms with Gasteiger partial charge in [0.25, 0.3) is 0 Å².